The van der Waals surface area contributed by atoms with Gasteiger partial charge in [0.15, 0.2) is 0 Å². The molecule has 0 saturated heterocycles. The van der Waals surface area contributed by atoms with E-state index in [1.807, 2.05) is 6.92 Å². The van der Waals surface area contributed by atoms with Gasteiger partial charge in [0.05, 0.1) is 4.92 Å². The topological polar surface area (TPSA) is 91.9 Å². The van der Waals surface area contributed by atoms with E-state index in [0.717, 1.165) is 5.75 Å². The molecule has 112 valence electrons. The van der Waals surface area contributed by atoms with Crippen LogP contribution < -0.4 is 5.32 Å². The highest BCUT2D eigenvalue weighted by Crippen LogP contribution is 2.20. The summed E-state index contributed by atoms with van der Waals surface area (Å²) in [7, 11) is 0. The second-order valence-electron chi connectivity index (χ2n) is 4.52. The van der Waals surface area contributed by atoms with Crippen molar-refractivity contribution in [1.29, 1.82) is 5.26 Å². The monoisotopic (exact) mass is 314 g/mol. The van der Waals surface area contributed by atoms with E-state index in [9.17, 15) is 10.1 Å². The molecular formula is C15H14N4O2S. The zero-order valence-electron chi connectivity index (χ0n) is 11.9. The molecule has 1 aromatic heterocycles. The van der Waals surface area contributed by atoms with Gasteiger partial charge in [-0.25, -0.2) is 4.98 Å². The van der Waals surface area contributed by atoms with E-state index in [-0.39, 0.29) is 11.4 Å². The van der Waals surface area contributed by atoms with Gasteiger partial charge < -0.3 is 5.32 Å². The smallest absolute Gasteiger partial charge is 0.305 e. The predicted octanol–water partition coefficient (Wildman–Crippen LogP) is 3.37. The van der Waals surface area contributed by atoms with Gasteiger partial charge in [0.25, 0.3) is 0 Å². The van der Waals surface area contributed by atoms with Crippen LogP contribution in [0.25, 0.3) is 0 Å². The fraction of sp³-hybridized carbons (Fsp3) is 0.200. The van der Waals surface area contributed by atoms with Crippen molar-refractivity contribution >= 4 is 23.3 Å². The molecule has 0 atom stereocenters. The third-order valence-corrected chi connectivity index (χ3v) is 3.89. The molecule has 0 bridgehead atoms. The van der Waals surface area contributed by atoms with Gasteiger partial charge in [0.1, 0.15) is 11.9 Å². The lowest BCUT2D eigenvalue weighted by Crippen LogP contribution is -2.07. The summed E-state index contributed by atoms with van der Waals surface area (Å²) in [5, 5.41) is 22.7. The van der Waals surface area contributed by atoms with Crippen LogP contribution in [0.1, 0.15) is 11.3 Å². The molecule has 0 fully saturated rings. The summed E-state index contributed by atoms with van der Waals surface area (Å²) in [6, 6.07) is 12.8. The van der Waals surface area contributed by atoms with E-state index < -0.39 is 4.92 Å². The van der Waals surface area contributed by atoms with Gasteiger partial charge in [0, 0.05) is 23.3 Å². The number of hydrogen-bond acceptors (Lipinski definition) is 6. The Labute approximate surface area is 132 Å². The zero-order valence-corrected chi connectivity index (χ0v) is 12.8. The first-order chi connectivity index (χ1) is 10.6. The fourth-order valence-corrected chi connectivity index (χ4v) is 2.53. The number of nitrogens with zero attached hydrogens (tertiary/aromatic N) is 3. The molecule has 0 aliphatic carbocycles. The fourth-order valence-electron chi connectivity index (χ4n) is 1.76. The van der Waals surface area contributed by atoms with Gasteiger partial charge in [-0.2, -0.15) is 5.26 Å². The summed E-state index contributed by atoms with van der Waals surface area (Å²) < 4.78 is 0. The largest absolute Gasteiger partial charge is 0.369 e. The van der Waals surface area contributed by atoms with Crippen LogP contribution in [0, 0.1) is 28.4 Å². The Kier molecular flexibility index (Phi) is 5.33. The Morgan fingerprint density at radius 3 is 2.68 bits per heavy atom. The molecule has 2 aromatic rings. The van der Waals surface area contributed by atoms with Gasteiger partial charge in [-0.15, -0.1) is 11.8 Å². The maximum Gasteiger partial charge on any atom is 0.305 e. The maximum atomic E-state index is 10.7. The molecule has 1 heterocycles. The Hall–Kier alpha value is -2.59. The third-order valence-electron chi connectivity index (χ3n) is 2.87. The van der Waals surface area contributed by atoms with Crippen molar-refractivity contribution < 1.29 is 4.92 Å². The van der Waals surface area contributed by atoms with Crippen molar-refractivity contribution in [1.82, 2.24) is 4.98 Å². The molecule has 0 spiro atoms. The lowest BCUT2D eigenvalue weighted by Gasteiger charge is -2.06. The lowest BCUT2D eigenvalue weighted by atomic mass is 10.2. The van der Waals surface area contributed by atoms with Crippen LogP contribution >= 0.6 is 11.8 Å². The molecular weight excluding hydrogens is 300 g/mol. The minimum atomic E-state index is -0.609. The highest BCUT2D eigenvalue weighted by molar-refractivity contribution is 7.99. The number of aromatic nitrogens is 1. The third kappa shape index (κ3) is 4.20. The average molecular weight is 314 g/mol. The van der Waals surface area contributed by atoms with Crippen molar-refractivity contribution in [3.8, 4) is 6.07 Å². The number of rotatable bonds is 6. The Morgan fingerprint density at radius 1 is 1.32 bits per heavy atom. The minimum absolute atomic E-state index is 0.179. The van der Waals surface area contributed by atoms with Crippen LogP contribution in [0.2, 0.25) is 0 Å². The van der Waals surface area contributed by atoms with Gasteiger partial charge in [-0.05, 0) is 25.1 Å². The number of nitrogens with one attached hydrogen (secondary N) is 1. The molecule has 1 N–H and O–H groups in total. The second kappa shape index (κ2) is 7.43. The molecule has 0 radical (unpaired) electrons. The number of aryl methyl sites for hydroxylation is 1. The van der Waals surface area contributed by atoms with Crippen molar-refractivity contribution in [2.24, 2.45) is 0 Å². The van der Waals surface area contributed by atoms with Gasteiger partial charge in [0.2, 0.25) is 5.69 Å². The number of nitriles is 1. The zero-order chi connectivity index (χ0) is 15.9. The summed E-state index contributed by atoms with van der Waals surface area (Å²) in [5.41, 5.74) is 0.768. The Balaban J connectivity index is 1.88. The van der Waals surface area contributed by atoms with Gasteiger partial charge in [-0.1, -0.05) is 17.7 Å². The quantitative estimate of drug-likeness (QED) is 0.380. The van der Waals surface area contributed by atoms with Crippen LogP contribution in [0.3, 0.4) is 0 Å². The number of hydrogen-bond donors (Lipinski definition) is 1. The standard InChI is InChI=1S/C15H14N4O2S/c1-11-2-4-12(5-3-11)22-9-8-17-15-7-6-14(19(20)21)13(10-16)18-15/h2-7H,8-9H2,1H3,(H,17,18). The van der Waals surface area contributed by atoms with E-state index >= 15 is 0 Å². The van der Waals surface area contributed by atoms with Crippen molar-refractivity contribution in [3.05, 3.63) is 57.8 Å². The van der Waals surface area contributed by atoms with E-state index in [1.165, 1.54) is 22.6 Å². The highest BCUT2D eigenvalue weighted by atomic mass is 32.2. The number of benzene rings is 1. The van der Waals surface area contributed by atoms with Crippen LogP contribution in [0.5, 0.6) is 0 Å². The van der Waals surface area contributed by atoms with E-state index in [2.05, 4.69) is 34.6 Å². The molecule has 2 rings (SSSR count). The SMILES string of the molecule is Cc1ccc(SCCNc2ccc([N+](=O)[O-])c(C#N)n2)cc1. The molecule has 0 amide bonds. The molecule has 0 aliphatic heterocycles. The molecule has 7 heteroatoms. The summed E-state index contributed by atoms with van der Waals surface area (Å²) in [6.07, 6.45) is 0. The van der Waals surface area contributed by atoms with Gasteiger partial charge >= 0.3 is 5.69 Å². The molecule has 22 heavy (non-hydrogen) atoms. The average Bonchev–Trinajstić information content (AvgIpc) is 2.52. The lowest BCUT2D eigenvalue weighted by molar-refractivity contribution is -0.385. The first-order valence-corrected chi connectivity index (χ1v) is 7.57. The number of nitro groups is 1. The number of thioether (sulfide) groups is 1. The number of anilines is 1. The Bertz CT molecular complexity index is 710. The predicted molar refractivity (Wildman–Crippen MR) is 86.0 cm³/mol. The molecule has 1 aromatic carbocycles. The molecule has 0 aliphatic rings. The maximum absolute atomic E-state index is 10.7. The first-order valence-electron chi connectivity index (χ1n) is 6.59. The molecule has 6 nitrogen and oxygen atoms in total. The Morgan fingerprint density at radius 2 is 2.05 bits per heavy atom. The summed E-state index contributed by atoms with van der Waals surface area (Å²) >= 11 is 1.70. The van der Waals surface area contributed by atoms with Crippen LogP contribution in [-0.4, -0.2) is 22.2 Å². The van der Waals surface area contributed by atoms with Crippen LogP contribution in [-0.2, 0) is 0 Å². The van der Waals surface area contributed by atoms with Crippen LogP contribution in [0.15, 0.2) is 41.3 Å². The summed E-state index contributed by atoms with van der Waals surface area (Å²) in [5.74, 6) is 1.29. The highest BCUT2D eigenvalue weighted by Gasteiger charge is 2.15. The molecule has 0 unspecified atom stereocenters. The van der Waals surface area contributed by atoms with Crippen molar-refractivity contribution in [2.75, 3.05) is 17.6 Å². The minimum Gasteiger partial charge on any atom is -0.369 e. The van der Waals surface area contributed by atoms with E-state index in [1.54, 1.807) is 17.8 Å². The second-order valence-corrected chi connectivity index (χ2v) is 5.69. The number of pyridine rings is 1. The normalized spacial score (nSPS) is 10.0. The summed E-state index contributed by atoms with van der Waals surface area (Å²) in [6.45, 7) is 2.69. The molecule has 0 saturated carbocycles. The summed E-state index contributed by atoms with van der Waals surface area (Å²) in [4.78, 5) is 15.2. The van der Waals surface area contributed by atoms with Crippen LogP contribution in [0.4, 0.5) is 11.5 Å². The van der Waals surface area contributed by atoms with Crippen molar-refractivity contribution in [2.45, 2.75) is 11.8 Å². The first kappa shape index (κ1) is 15.8. The van der Waals surface area contributed by atoms with Gasteiger partial charge in [-0.3, -0.25) is 10.1 Å². The van der Waals surface area contributed by atoms with E-state index in [4.69, 9.17) is 5.26 Å². The van der Waals surface area contributed by atoms with Crippen molar-refractivity contribution in [3.63, 3.8) is 0 Å². The van der Waals surface area contributed by atoms with E-state index in [0.29, 0.717) is 12.4 Å².